The van der Waals surface area contributed by atoms with Crippen LogP contribution in [-0.4, -0.2) is 59.7 Å². The zero-order chi connectivity index (χ0) is 18.3. The van der Waals surface area contributed by atoms with E-state index in [1.165, 1.54) is 11.8 Å². The van der Waals surface area contributed by atoms with Gasteiger partial charge < -0.3 is 15.4 Å². The Balaban J connectivity index is 1.72. The fourth-order valence-electron chi connectivity index (χ4n) is 2.61. The van der Waals surface area contributed by atoms with Crippen LogP contribution in [0.3, 0.4) is 0 Å². The van der Waals surface area contributed by atoms with Gasteiger partial charge in [0.05, 0.1) is 19.0 Å². The average molecular weight is 432 g/mol. The van der Waals surface area contributed by atoms with E-state index in [4.69, 9.17) is 4.74 Å². The van der Waals surface area contributed by atoms with Crippen LogP contribution in [0.1, 0.15) is 18.4 Å². The number of nitrogens with zero attached hydrogens (tertiary/aromatic N) is 1. The topological polar surface area (TPSA) is 79.8 Å². The van der Waals surface area contributed by atoms with Gasteiger partial charge in [0.1, 0.15) is 9.84 Å². The van der Waals surface area contributed by atoms with Crippen molar-refractivity contribution in [3.63, 3.8) is 0 Å². The first-order chi connectivity index (χ1) is 11.9. The molecule has 1 aromatic carbocycles. The van der Waals surface area contributed by atoms with Crippen LogP contribution in [0.4, 0.5) is 0 Å². The van der Waals surface area contributed by atoms with Gasteiger partial charge in [0.2, 0.25) is 0 Å². The molecule has 1 fully saturated rings. The average Bonchev–Trinajstić information content (AvgIpc) is 3.34. The number of nitrogens with one attached hydrogen (secondary N) is 2. The summed E-state index contributed by atoms with van der Waals surface area (Å²) in [4.78, 5) is 4.22. The maximum Gasteiger partial charge on any atom is 0.191 e. The molecule has 8 heteroatoms. The first-order valence-electron chi connectivity index (χ1n) is 8.31. The molecule has 0 spiro atoms. The molecule has 0 heterocycles. The molecule has 140 valence electrons. The quantitative estimate of drug-likeness (QED) is 0.353. The number of rotatable bonds is 9. The maximum atomic E-state index is 11.0. The largest absolute Gasteiger partial charge is 0.379 e. The Morgan fingerprint density at radius 2 is 2.00 bits per heavy atom. The summed E-state index contributed by atoms with van der Waals surface area (Å²) in [5.74, 6) is 0.777. The minimum absolute atomic E-state index is 0.0500. The Bertz CT molecular complexity index is 703. The zero-order valence-corrected chi connectivity index (χ0v) is 17.1. The molecule has 0 atom stereocenters. The van der Waals surface area contributed by atoms with Gasteiger partial charge >= 0.3 is 0 Å². The molecule has 0 aliphatic heterocycles. The molecular weight excluding hydrogens is 406 g/mol. The fraction of sp³-hybridized carbons (Fsp3) is 0.588. The maximum absolute atomic E-state index is 11.0. The number of guanidine groups is 1. The highest BCUT2D eigenvalue weighted by Crippen LogP contribution is 2.49. The number of ether oxygens (including phenoxy) is 1. The Morgan fingerprint density at radius 3 is 2.60 bits per heavy atom. The first kappa shape index (κ1) is 20.2. The van der Waals surface area contributed by atoms with E-state index in [0.717, 1.165) is 29.8 Å². The van der Waals surface area contributed by atoms with Gasteiger partial charge in [0, 0.05) is 36.3 Å². The highest BCUT2D eigenvalue weighted by molar-refractivity contribution is 9.10. The molecule has 1 saturated carbocycles. The normalized spacial score (nSPS) is 16.5. The molecule has 0 amide bonds. The summed E-state index contributed by atoms with van der Waals surface area (Å²) in [7, 11) is -1.23. The van der Waals surface area contributed by atoms with Gasteiger partial charge in [0.25, 0.3) is 0 Å². The second kappa shape index (κ2) is 9.00. The molecule has 0 saturated heterocycles. The van der Waals surface area contributed by atoms with Crippen LogP contribution in [-0.2, 0) is 20.0 Å². The lowest BCUT2D eigenvalue weighted by atomic mass is 9.96. The Hall–Kier alpha value is -1.12. The van der Waals surface area contributed by atoms with Crippen molar-refractivity contribution in [1.82, 2.24) is 10.6 Å². The van der Waals surface area contributed by atoms with Crippen molar-refractivity contribution >= 4 is 31.7 Å². The van der Waals surface area contributed by atoms with E-state index < -0.39 is 9.84 Å². The molecule has 1 aromatic rings. The van der Waals surface area contributed by atoms with Crippen LogP contribution < -0.4 is 10.6 Å². The minimum Gasteiger partial charge on any atom is -0.379 e. The van der Waals surface area contributed by atoms with Crippen molar-refractivity contribution in [2.24, 2.45) is 4.99 Å². The smallest absolute Gasteiger partial charge is 0.191 e. The van der Waals surface area contributed by atoms with Crippen LogP contribution in [0.2, 0.25) is 0 Å². The highest BCUT2D eigenvalue weighted by atomic mass is 79.9. The van der Waals surface area contributed by atoms with E-state index in [9.17, 15) is 8.42 Å². The van der Waals surface area contributed by atoms with Crippen molar-refractivity contribution < 1.29 is 13.2 Å². The number of hydrogen-bond donors (Lipinski definition) is 2. The van der Waals surface area contributed by atoms with Gasteiger partial charge in [-0.2, -0.15) is 0 Å². The summed E-state index contributed by atoms with van der Waals surface area (Å²) in [5, 5.41) is 6.57. The summed E-state index contributed by atoms with van der Waals surface area (Å²) in [6.07, 6.45) is 3.53. The zero-order valence-electron chi connectivity index (χ0n) is 14.7. The SMILES string of the molecule is CN=C(NCCOCCS(C)(=O)=O)NCC1(c2ccccc2Br)CC1. The lowest BCUT2D eigenvalue weighted by Crippen LogP contribution is -2.42. The molecule has 0 bridgehead atoms. The van der Waals surface area contributed by atoms with Crippen LogP contribution in [0.5, 0.6) is 0 Å². The molecule has 6 nitrogen and oxygen atoms in total. The van der Waals surface area contributed by atoms with Gasteiger partial charge in [-0.25, -0.2) is 8.42 Å². The van der Waals surface area contributed by atoms with Crippen molar-refractivity contribution in [2.75, 3.05) is 45.4 Å². The van der Waals surface area contributed by atoms with E-state index in [1.807, 2.05) is 6.07 Å². The third-order valence-corrected chi connectivity index (χ3v) is 5.85. The van der Waals surface area contributed by atoms with E-state index >= 15 is 0 Å². The molecule has 25 heavy (non-hydrogen) atoms. The minimum atomic E-state index is -2.97. The van der Waals surface area contributed by atoms with Crippen LogP contribution >= 0.6 is 15.9 Å². The number of halogens is 1. The third-order valence-electron chi connectivity index (χ3n) is 4.25. The van der Waals surface area contributed by atoms with Crippen LogP contribution in [0.25, 0.3) is 0 Å². The highest BCUT2D eigenvalue weighted by Gasteiger charge is 2.45. The molecule has 0 radical (unpaired) electrons. The second-order valence-electron chi connectivity index (χ2n) is 6.35. The van der Waals surface area contributed by atoms with Crippen molar-refractivity contribution in [2.45, 2.75) is 18.3 Å². The Labute approximate surface area is 158 Å². The number of sulfone groups is 1. The fourth-order valence-corrected chi connectivity index (χ4v) is 3.74. The molecule has 0 unspecified atom stereocenters. The van der Waals surface area contributed by atoms with Crippen molar-refractivity contribution in [3.05, 3.63) is 34.3 Å². The van der Waals surface area contributed by atoms with Crippen molar-refractivity contribution in [1.29, 1.82) is 0 Å². The third kappa shape index (κ3) is 6.60. The Morgan fingerprint density at radius 1 is 1.28 bits per heavy atom. The Kier molecular flexibility index (Phi) is 7.27. The van der Waals surface area contributed by atoms with Gasteiger partial charge in [-0.3, -0.25) is 4.99 Å². The molecular formula is C17H26BrN3O3S. The van der Waals surface area contributed by atoms with Crippen molar-refractivity contribution in [3.8, 4) is 0 Å². The van der Waals surface area contributed by atoms with Crippen LogP contribution in [0, 0.1) is 0 Å². The number of aliphatic imine (C=N–C) groups is 1. The predicted octanol–water partition coefficient (Wildman–Crippen LogP) is 1.71. The number of benzene rings is 1. The van der Waals surface area contributed by atoms with E-state index in [0.29, 0.717) is 13.2 Å². The molecule has 0 aromatic heterocycles. The molecule has 1 aliphatic carbocycles. The molecule has 2 N–H and O–H groups in total. The first-order valence-corrected chi connectivity index (χ1v) is 11.2. The van der Waals surface area contributed by atoms with Crippen LogP contribution in [0.15, 0.2) is 33.7 Å². The lowest BCUT2D eigenvalue weighted by Gasteiger charge is -2.20. The monoisotopic (exact) mass is 431 g/mol. The molecule has 2 rings (SSSR count). The van der Waals surface area contributed by atoms with E-state index in [2.05, 4.69) is 49.8 Å². The summed E-state index contributed by atoms with van der Waals surface area (Å²) >= 11 is 3.64. The summed E-state index contributed by atoms with van der Waals surface area (Å²) in [6, 6.07) is 8.35. The summed E-state index contributed by atoms with van der Waals surface area (Å²) in [6.45, 7) is 2.05. The lowest BCUT2D eigenvalue weighted by molar-refractivity contribution is 0.154. The summed E-state index contributed by atoms with van der Waals surface area (Å²) < 4.78 is 28.5. The van der Waals surface area contributed by atoms with E-state index in [-0.39, 0.29) is 17.8 Å². The summed E-state index contributed by atoms with van der Waals surface area (Å²) in [5.41, 5.74) is 1.51. The number of hydrogen-bond acceptors (Lipinski definition) is 4. The van der Waals surface area contributed by atoms with E-state index in [1.54, 1.807) is 7.05 Å². The van der Waals surface area contributed by atoms with Gasteiger partial charge in [0.15, 0.2) is 5.96 Å². The van der Waals surface area contributed by atoms with Gasteiger partial charge in [-0.05, 0) is 24.5 Å². The predicted molar refractivity (Wildman–Crippen MR) is 105 cm³/mol. The van der Waals surface area contributed by atoms with Gasteiger partial charge in [-0.1, -0.05) is 34.1 Å². The molecule has 1 aliphatic rings. The standard InChI is InChI=1S/C17H26BrN3O3S/c1-19-16(20-9-10-24-11-12-25(2,22)23)21-13-17(7-8-17)14-5-3-4-6-15(14)18/h3-6H,7-13H2,1-2H3,(H2,19,20,21). The second-order valence-corrected chi connectivity index (χ2v) is 9.47. The van der Waals surface area contributed by atoms with Gasteiger partial charge in [-0.15, -0.1) is 0 Å².